The van der Waals surface area contributed by atoms with Crippen molar-refractivity contribution in [2.24, 2.45) is 5.92 Å². The Morgan fingerprint density at radius 3 is 2.71 bits per heavy atom. The maximum atomic E-state index is 12.2. The Balaban J connectivity index is 2.04. The number of piperidine rings is 1. The van der Waals surface area contributed by atoms with Crippen LogP contribution >= 0.6 is 0 Å². The topological polar surface area (TPSA) is 89.9 Å². The predicted octanol–water partition coefficient (Wildman–Crippen LogP) is -0.968. The van der Waals surface area contributed by atoms with Gasteiger partial charge in [0.1, 0.15) is 6.04 Å². The summed E-state index contributed by atoms with van der Waals surface area (Å²) in [6, 6.07) is -0.862. The van der Waals surface area contributed by atoms with Gasteiger partial charge in [0.15, 0.2) is 0 Å². The molecule has 6 heteroatoms. The molecule has 0 aromatic heterocycles. The van der Waals surface area contributed by atoms with E-state index in [1.54, 1.807) is 0 Å². The van der Waals surface area contributed by atoms with E-state index in [0.717, 1.165) is 19.4 Å². The highest BCUT2D eigenvalue weighted by molar-refractivity contribution is 5.86. The van der Waals surface area contributed by atoms with Gasteiger partial charge in [-0.2, -0.15) is 0 Å². The number of nitrogens with one attached hydrogen (secondary N) is 1. The fraction of sp³-hybridized carbons (Fsp3) is 0.818. The monoisotopic (exact) mass is 242 g/mol. The van der Waals surface area contributed by atoms with Gasteiger partial charge in [-0.3, -0.25) is 4.79 Å². The van der Waals surface area contributed by atoms with Crippen molar-refractivity contribution in [1.82, 2.24) is 10.2 Å². The van der Waals surface area contributed by atoms with Gasteiger partial charge in [-0.1, -0.05) is 0 Å². The lowest BCUT2D eigenvalue weighted by molar-refractivity contribution is -0.150. The molecule has 0 aromatic carbocycles. The van der Waals surface area contributed by atoms with Crippen molar-refractivity contribution in [1.29, 1.82) is 0 Å². The number of rotatable bonds is 2. The number of carbonyl (C=O) groups is 2. The molecule has 6 nitrogen and oxygen atoms in total. The molecule has 0 aliphatic carbocycles. The molecule has 2 heterocycles. The molecule has 96 valence electrons. The first-order chi connectivity index (χ1) is 8.09. The highest BCUT2D eigenvalue weighted by Crippen LogP contribution is 2.23. The number of nitrogens with zero attached hydrogens (tertiary/aromatic N) is 1. The maximum Gasteiger partial charge on any atom is 0.326 e. The number of carboxylic acids is 1. The lowest BCUT2D eigenvalue weighted by Gasteiger charge is -2.29. The molecule has 0 aromatic rings. The molecule has 2 aliphatic heterocycles. The SMILES string of the molecule is O=C(O)[C@H]1C[C@@H](O)CN1C(=O)C1CCCNC1. The molecule has 2 saturated heterocycles. The second-order valence-corrected chi connectivity index (χ2v) is 4.78. The summed E-state index contributed by atoms with van der Waals surface area (Å²) in [7, 11) is 0. The van der Waals surface area contributed by atoms with Crippen LogP contribution in [0.2, 0.25) is 0 Å². The minimum atomic E-state index is -1.03. The first-order valence-corrected chi connectivity index (χ1v) is 6.01. The fourth-order valence-electron chi connectivity index (χ4n) is 2.59. The average molecular weight is 242 g/mol. The summed E-state index contributed by atoms with van der Waals surface area (Å²) < 4.78 is 0. The quantitative estimate of drug-likeness (QED) is 0.580. The van der Waals surface area contributed by atoms with Crippen molar-refractivity contribution < 1.29 is 19.8 Å². The molecule has 0 bridgehead atoms. The molecule has 2 rings (SSSR count). The molecule has 1 amide bonds. The summed E-state index contributed by atoms with van der Waals surface area (Å²) in [4.78, 5) is 24.5. The minimum absolute atomic E-state index is 0.138. The molecular formula is C11H18N2O4. The number of hydrogen-bond donors (Lipinski definition) is 3. The summed E-state index contributed by atoms with van der Waals surface area (Å²) >= 11 is 0. The summed E-state index contributed by atoms with van der Waals surface area (Å²) in [5.74, 6) is -1.31. The van der Waals surface area contributed by atoms with Crippen LogP contribution in [0.3, 0.4) is 0 Å². The molecule has 17 heavy (non-hydrogen) atoms. The predicted molar refractivity (Wildman–Crippen MR) is 59.4 cm³/mol. The molecule has 0 saturated carbocycles. The second-order valence-electron chi connectivity index (χ2n) is 4.78. The third kappa shape index (κ3) is 2.58. The number of aliphatic carboxylic acids is 1. The van der Waals surface area contributed by atoms with E-state index in [9.17, 15) is 14.7 Å². The Bertz CT molecular complexity index is 315. The summed E-state index contributed by atoms with van der Waals surface area (Å²) in [6.07, 6.45) is 1.16. The normalized spacial score (nSPS) is 33.7. The van der Waals surface area contributed by atoms with E-state index >= 15 is 0 Å². The molecule has 2 aliphatic rings. The van der Waals surface area contributed by atoms with Gasteiger partial charge in [-0.05, 0) is 19.4 Å². The van der Waals surface area contributed by atoms with E-state index in [0.29, 0.717) is 6.54 Å². The van der Waals surface area contributed by atoms with Crippen LogP contribution in [-0.4, -0.2) is 58.8 Å². The van der Waals surface area contributed by atoms with Gasteiger partial charge in [0.2, 0.25) is 5.91 Å². The van der Waals surface area contributed by atoms with Crippen LogP contribution in [0.25, 0.3) is 0 Å². The lowest BCUT2D eigenvalue weighted by Crippen LogP contribution is -2.47. The van der Waals surface area contributed by atoms with Gasteiger partial charge < -0.3 is 20.4 Å². The third-order valence-corrected chi connectivity index (χ3v) is 3.49. The maximum absolute atomic E-state index is 12.2. The van der Waals surface area contributed by atoms with E-state index in [-0.39, 0.29) is 24.8 Å². The van der Waals surface area contributed by atoms with Crippen molar-refractivity contribution in [2.75, 3.05) is 19.6 Å². The smallest absolute Gasteiger partial charge is 0.326 e. The van der Waals surface area contributed by atoms with Crippen molar-refractivity contribution >= 4 is 11.9 Å². The van der Waals surface area contributed by atoms with E-state index in [1.807, 2.05) is 0 Å². The number of carbonyl (C=O) groups excluding carboxylic acids is 1. The van der Waals surface area contributed by atoms with Crippen LogP contribution in [-0.2, 0) is 9.59 Å². The van der Waals surface area contributed by atoms with Crippen molar-refractivity contribution in [2.45, 2.75) is 31.4 Å². The first-order valence-electron chi connectivity index (χ1n) is 6.01. The second kappa shape index (κ2) is 5.01. The first kappa shape index (κ1) is 12.3. The molecular weight excluding hydrogens is 224 g/mol. The Labute approximate surface area is 99.6 Å². The molecule has 1 unspecified atom stereocenters. The van der Waals surface area contributed by atoms with Gasteiger partial charge in [-0.15, -0.1) is 0 Å². The number of likely N-dealkylation sites (tertiary alicyclic amines) is 1. The molecule has 3 atom stereocenters. The average Bonchev–Trinajstić information content (AvgIpc) is 2.72. The van der Waals surface area contributed by atoms with Crippen LogP contribution in [0.15, 0.2) is 0 Å². The Kier molecular flexibility index (Phi) is 3.63. The fourth-order valence-corrected chi connectivity index (χ4v) is 2.59. The van der Waals surface area contributed by atoms with Gasteiger partial charge in [0.05, 0.1) is 12.0 Å². The molecule has 3 N–H and O–H groups in total. The number of hydrogen-bond acceptors (Lipinski definition) is 4. The number of amides is 1. The number of carboxylic acid groups (broad SMARTS) is 1. The van der Waals surface area contributed by atoms with Crippen molar-refractivity contribution in [3.63, 3.8) is 0 Å². The summed E-state index contributed by atoms with van der Waals surface area (Å²) in [5, 5.41) is 21.7. The Morgan fingerprint density at radius 2 is 2.12 bits per heavy atom. The van der Waals surface area contributed by atoms with E-state index < -0.39 is 18.1 Å². The van der Waals surface area contributed by atoms with E-state index in [4.69, 9.17) is 5.11 Å². The van der Waals surface area contributed by atoms with E-state index in [2.05, 4.69) is 5.32 Å². The largest absolute Gasteiger partial charge is 0.480 e. The number of aliphatic hydroxyl groups excluding tert-OH is 1. The zero-order chi connectivity index (χ0) is 12.4. The van der Waals surface area contributed by atoms with Crippen molar-refractivity contribution in [3.8, 4) is 0 Å². The van der Waals surface area contributed by atoms with Gasteiger partial charge in [-0.25, -0.2) is 4.79 Å². The highest BCUT2D eigenvalue weighted by atomic mass is 16.4. The Hall–Kier alpha value is -1.14. The molecule has 0 radical (unpaired) electrons. The zero-order valence-corrected chi connectivity index (χ0v) is 9.63. The minimum Gasteiger partial charge on any atom is -0.480 e. The highest BCUT2D eigenvalue weighted by Gasteiger charge is 2.41. The van der Waals surface area contributed by atoms with Gasteiger partial charge in [0.25, 0.3) is 0 Å². The van der Waals surface area contributed by atoms with Crippen molar-refractivity contribution in [3.05, 3.63) is 0 Å². The van der Waals surface area contributed by atoms with Gasteiger partial charge in [0, 0.05) is 19.5 Å². The third-order valence-electron chi connectivity index (χ3n) is 3.49. The molecule has 0 spiro atoms. The van der Waals surface area contributed by atoms with Crippen LogP contribution in [0, 0.1) is 5.92 Å². The van der Waals surface area contributed by atoms with Gasteiger partial charge >= 0.3 is 5.97 Å². The Morgan fingerprint density at radius 1 is 1.35 bits per heavy atom. The van der Waals surface area contributed by atoms with E-state index in [1.165, 1.54) is 4.90 Å². The van der Waals surface area contributed by atoms with Crippen LogP contribution in [0.5, 0.6) is 0 Å². The van der Waals surface area contributed by atoms with Crippen LogP contribution < -0.4 is 5.32 Å². The summed E-state index contributed by atoms with van der Waals surface area (Å²) in [6.45, 7) is 1.67. The number of aliphatic hydroxyl groups is 1. The number of β-amino-alcohol motifs (C(OH)–C–C–N with tert-alkyl or cyclic N) is 1. The standard InChI is InChI=1S/C11H18N2O4/c14-8-4-9(11(16)17)13(6-8)10(15)7-2-1-3-12-5-7/h7-9,12,14H,1-6H2,(H,16,17)/t7?,8-,9-/m1/s1. The summed E-state index contributed by atoms with van der Waals surface area (Å²) in [5.41, 5.74) is 0. The van der Waals surface area contributed by atoms with Crippen LogP contribution in [0.4, 0.5) is 0 Å². The lowest BCUT2D eigenvalue weighted by atomic mass is 9.98. The zero-order valence-electron chi connectivity index (χ0n) is 9.63. The molecule has 2 fully saturated rings. The van der Waals surface area contributed by atoms with Crippen LogP contribution in [0.1, 0.15) is 19.3 Å².